The number of hydrogen-bond donors (Lipinski definition) is 1. The van der Waals surface area contributed by atoms with Gasteiger partial charge in [0, 0.05) is 18.6 Å². The van der Waals surface area contributed by atoms with Crippen molar-refractivity contribution in [1.29, 1.82) is 0 Å². The minimum atomic E-state index is -4.00. The third-order valence-electron chi connectivity index (χ3n) is 4.67. The molecular formula is C13H23F3N2. The van der Waals surface area contributed by atoms with Crippen LogP contribution < -0.4 is 5.73 Å². The predicted octanol–water partition coefficient (Wildman–Crippen LogP) is 2.78. The molecule has 2 atom stereocenters. The fourth-order valence-corrected chi connectivity index (χ4v) is 3.58. The molecule has 1 saturated heterocycles. The van der Waals surface area contributed by atoms with Crippen molar-refractivity contribution >= 4 is 0 Å². The van der Waals surface area contributed by atoms with Gasteiger partial charge in [0.1, 0.15) is 0 Å². The molecule has 1 saturated carbocycles. The topological polar surface area (TPSA) is 29.3 Å². The quantitative estimate of drug-likeness (QED) is 0.831. The van der Waals surface area contributed by atoms with Crippen molar-refractivity contribution in [2.75, 3.05) is 13.1 Å². The number of alkyl halides is 3. The van der Waals surface area contributed by atoms with E-state index >= 15 is 0 Å². The van der Waals surface area contributed by atoms with E-state index in [0.29, 0.717) is 50.2 Å². The molecule has 0 spiro atoms. The van der Waals surface area contributed by atoms with Gasteiger partial charge in [-0.2, -0.15) is 13.2 Å². The Bertz CT molecular complexity index is 272. The second kappa shape index (κ2) is 5.37. The van der Waals surface area contributed by atoms with Crippen molar-refractivity contribution in [2.45, 2.75) is 57.3 Å². The summed E-state index contributed by atoms with van der Waals surface area (Å²) in [6, 6.07) is 0.820. The summed E-state index contributed by atoms with van der Waals surface area (Å²) in [5, 5.41) is 0. The minimum absolute atomic E-state index is 0.296. The Hall–Kier alpha value is -0.290. The summed E-state index contributed by atoms with van der Waals surface area (Å²) in [5.74, 6) is -0.544. The van der Waals surface area contributed by atoms with Crippen LogP contribution in [-0.2, 0) is 0 Å². The maximum Gasteiger partial charge on any atom is 0.391 e. The lowest BCUT2D eigenvalue weighted by Gasteiger charge is -2.37. The Morgan fingerprint density at radius 2 is 1.78 bits per heavy atom. The van der Waals surface area contributed by atoms with Crippen LogP contribution in [0, 0.1) is 11.8 Å². The number of likely N-dealkylation sites (tertiary alicyclic amines) is 1. The Kier molecular flexibility index (Phi) is 4.22. The van der Waals surface area contributed by atoms with Crippen molar-refractivity contribution < 1.29 is 13.2 Å². The Morgan fingerprint density at radius 3 is 2.22 bits per heavy atom. The number of rotatable bonds is 2. The Morgan fingerprint density at radius 1 is 1.17 bits per heavy atom. The lowest BCUT2D eigenvalue weighted by Crippen LogP contribution is -2.42. The van der Waals surface area contributed by atoms with Crippen LogP contribution in [0.15, 0.2) is 0 Å². The average molecular weight is 264 g/mol. The number of hydrogen-bond acceptors (Lipinski definition) is 2. The van der Waals surface area contributed by atoms with Crippen molar-refractivity contribution in [3.8, 4) is 0 Å². The third kappa shape index (κ3) is 2.99. The van der Waals surface area contributed by atoms with Crippen LogP contribution in [0.5, 0.6) is 0 Å². The van der Waals surface area contributed by atoms with Crippen LogP contribution in [0.3, 0.4) is 0 Å². The highest BCUT2D eigenvalue weighted by molar-refractivity contribution is 4.90. The first-order chi connectivity index (χ1) is 8.41. The molecule has 0 aromatic heterocycles. The molecule has 2 fully saturated rings. The van der Waals surface area contributed by atoms with E-state index < -0.39 is 12.1 Å². The fraction of sp³-hybridized carbons (Fsp3) is 1.00. The van der Waals surface area contributed by atoms with Crippen LogP contribution in [0.2, 0.25) is 0 Å². The monoisotopic (exact) mass is 264 g/mol. The maximum absolute atomic E-state index is 12.6. The minimum Gasteiger partial charge on any atom is -0.330 e. The highest BCUT2D eigenvalue weighted by atomic mass is 19.4. The largest absolute Gasteiger partial charge is 0.391 e. The molecule has 0 radical (unpaired) electrons. The molecule has 2 N–H and O–H groups in total. The maximum atomic E-state index is 12.6. The molecular weight excluding hydrogens is 241 g/mol. The molecule has 1 aliphatic heterocycles. The summed E-state index contributed by atoms with van der Waals surface area (Å²) in [4.78, 5) is 2.39. The first kappa shape index (κ1) is 14.1. The molecule has 0 aromatic carbocycles. The number of halogens is 3. The molecule has 2 unspecified atom stereocenters. The number of nitrogens with zero attached hydrogens (tertiary/aromatic N) is 1. The van der Waals surface area contributed by atoms with Gasteiger partial charge in [-0.25, -0.2) is 0 Å². The van der Waals surface area contributed by atoms with Crippen molar-refractivity contribution in [2.24, 2.45) is 17.6 Å². The molecule has 0 aromatic rings. The van der Waals surface area contributed by atoms with Crippen molar-refractivity contribution in [3.05, 3.63) is 0 Å². The van der Waals surface area contributed by atoms with Gasteiger partial charge in [0.25, 0.3) is 0 Å². The molecule has 2 nitrogen and oxygen atoms in total. The lowest BCUT2D eigenvalue weighted by atomic mass is 9.84. The third-order valence-corrected chi connectivity index (χ3v) is 4.67. The number of nitrogens with two attached hydrogens (primary N) is 1. The van der Waals surface area contributed by atoms with E-state index in [9.17, 15) is 13.2 Å². The van der Waals surface area contributed by atoms with Gasteiger partial charge >= 0.3 is 6.18 Å². The van der Waals surface area contributed by atoms with Gasteiger partial charge in [-0.15, -0.1) is 0 Å². The van der Waals surface area contributed by atoms with Crippen LogP contribution >= 0.6 is 0 Å². The van der Waals surface area contributed by atoms with E-state index in [-0.39, 0.29) is 0 Å². The summed E-state index contributed by atoms with van der Waals surface area (Å²) in [5.41, 5.74) is 5.69. The molecule has 5 heteroatoms. The van der Waals surface area contributed by atoms with Crippen LogP contribution in [-0.4, -0.2) is 36.2 Å². The van der Waals surface area contributed by atoms with E-state index in [1.165, 1.54) is 0 Å². The second-order valence-electron chi connectivity index (χ2n) is 5.93. The summed E-state index contributed by atoms with van der Waals surface area (Å²) in [6.07, 6.45) is -0.940. The molecule has 0 amide bonds. The highest BCUT2D eigenvalue weighted by Gasteiger charge is 2.43. The van der Waals surface area contributed by atoms with Crippen molar-refractivity contribution in [1.82, 2.24) is 4.90 Å². The smallest absolute Gasteiger partial charge is 0.330 e. The molecule has 0 bridgehead atoms. The standard InChI is InChI=1S/C13H23F3N2/c1-9-6-10(7-17)8-18(9)12-4-2-11(3-5-12)13(14,15)16/h9-12H,2-8,17H2,1H3. The van der Waals surface area contributed by atoms with E-state index in [0.717, 1.165) is 13.0 Å². The SMILES string of the molecule is CC1CC(CN)CN1C1CCC(C(F)(F)F)CC1. The molecule has 2 rings (SSSR count). The van der Waals surface area contributed by atoms with E-state index in [1.807, 2.05) is 0 Å². The normalized spacial score (nSPS) is 39.2. The molecule has 2 aliphatic rings. The van der Waals surface area contributed by atoms with Crippen LogP contribution in [0.4, 0.5) is 13.2 Å². The van der Waals surface area contributed by atoms with Gasteiger partial charge in [0.15, 0.2) is 0 Å². The van der Waals surface area contributed by atoms with E-state index in [4.69, 9.17) is 5.73 Å². The van der Waals surface area contributed by atoms with Gasteiger partial charge in [0.05, 0.1) is 5.92 Å². The zero-order valence-electron chi connectivity index (χ0n) is 10.9. The Labute approximate surface area is 107 Å². The predicted molar refractivity (Wildman–Crippen MR) is 65.1 cm³/mol. The first-order valence-electron chi connectivity index (χ1n) is 6.94. The van der Waals surface area contributed by atoms with E-state index in [2.05, 4.69) is 11.8 Å². The summed E-state index contributed by atoms with van der Waals surface area (Å²) in [6.45, 7) is 3.84. The second-order valence-corrected chi connectivity index (χ2v) is 5.93. The molecule has 18 heavy (non-hydrogen) atoms. The first-order valence-corrected chi connectivity index (χ1v) is 6.94. The van der Waals surface area contributed by atoms with Gasteiger partial charge in [-0.05, 0) is 51.5 Å². The van der Waals surface area contributed by atoms with Crippen molar-refractivity contribution in [3.63, 3.8) is 0 Å². The zero-order chi connectivity index (χ0) is 13.3. The highest BCUT2D eigenvalue weighted by Crippen LogP contribution is 2.40. The summed E-state index contributed by atoms with van der Waals surface area (Å²) < 4.78 is 37.8. The molecule has 1 heterocycles. The van der Waals surface area contributed by atoms with E-state index in [1.54, 1.807) is 0 Å². The van der Waals surface area contributed by atoms with Crippen LogP contribution in [0.25, 0.3) is 0 Å². The zero-order valence-corrected chi connectivity index (χ0v) is 10.9. The Balaban J connectivity index is 1.87. The van der Waals surface area contributed by atoms with Crippen LogP contribution in [0.1, 0.15) is 39.0 Å². The van der Waals surface area contributed by atoms with Gasteiger partial charge in [0.2, 0.25) is 0 Å². The average Bonchev–Trinajstić information content (AvgIpc) is 2.70. The fourth-order valence-electron chi connectivity index (χ4n) is 3.58. The summed E-state index contributed by atoms with van der Waals surface area (Å²) >= 11 is 0. The van der Waals surface area contributed by atoms with Gasteiger partial charge in [-0.3, -0.25) is 4.90 Å². The lowest BCUT2D eigenvalue weighted by molar-refractivity contribution is -0.184. The van der Waals surface area contributed by atoms with Gasteiger partial charge in [-0.1, -0.05) is 0 Å². The van der Waals surface area contributed by atoms with Gasteiger partial charge < -0.3 is 5.73 Å². The molecule has 1 aliphatic carbocycles. The summed E-state index contributed by atoms with van der Waals surface area (Å²) in [7, 11) is 0. The molecule has 106 valence electrons.